The fraction of sp³-hybridized carbons (Fsp3) is 0.348. The maximum absolute atomic E-state index is 10.8. The number of ether oxygens (including phenoxy) is 2. The maximum Gasteiger partial charge on any atom is 0.132 e. The van der Waals surface area contributed by atoms with Crippen LogP contribution in [0.3, 0.4) is 0 Å². The second kappa shape index (κ2) is 8.68. The molecule has 0 aliphatic carbocycles. The van der Waals surface area contributed by atoms with Gasteiger partial charge in [-0.1, -0.05) is 41.9 Å². The summed E-state index contributed by atoms with van der Waals surface area (Å²) in [5, 5.41) is 16.1. The van der Waals surface area contributed by atoms with Crippen LogP contribution in [0.15, 0.2) is 42.5 Å². The molecule has 2 aromatic carbocycles. The van der Waals surface area contributed by atoms with Crippen molar-refractivity contribution < 1.29 is 14.6 Å². The van der Waals surface area contributed by atoms with Gasteiger partial charge >= 0.3 is 0 Å². The predicted octanol–water partition coefficient (Wildman–Crippen LogP) is 3.96. The Hall–Kier alpha value is -2.54. The normalized spacial score (nSPS) is 16.4. The van der Waals surface area contributed by atoms with E-state index in [1.54, 1.807) is 14.2 Å². The molecule has 0 fully saturated rings. The number of hydrogen-bond donors (Lipinski definition) is 1. The van der Waals surface area contributed by atoms with E-state index in [1.807, 2.05) is 41.9 Å². The first-order chi connectivity index (χ1) is 14.5. The molecule has 0 amide bonds. The molecule has 1 aromatic heterocycles. The summed E-state index contributed by atoms with van der Waals surface area (Å²) >= 11 is 6.71. The molecule has 1 N–H and O–H groups in total. The average molecular weight is 428 g/mol. The van der Waals surface area contributed by atoms with Gasteiger partial charge in [-0.05, 0) is 24.6 Å². The summed E-state index contributed by atoms with van der Waals surface area (Å²) in [6.45, 7) is 4.30. The van der Waals surface area contributed by atoms with Gasteiger partial charge in [0.25, 0.3) is 0 Å². The Kier molecular flexibility index (Phi) is 5.99. The number of methoxy groups -OCH3 is 2. The molecule has 0 radical (unpaired) electrons. The second-order valence-electron chi connectivity index (χ2n) is 7.55. The van der Waals surface area contributed by atoms with Crippen molar-refractivity contribution in [2.75, 3.05) is 20.8 Å². The fourth-order valence-electron chi connectivity index (χ4n) is 4.12. The van der Waals surface area contributed by atoms with Crippen LogP contribution in [0.1, 0.15) is 34.1 Å². The quantitative estimate of drug-likeness (QED) is 0.645. The van der Waals surface area contributed by atoms with E-state index in [2.05, 4.69) is 22.1 Å². The molecular formula is C23H26ClN3O3. The molecule has 0 bridgehead atoms. The van der Waals surface area contributed by atoms with Crippen LogP contribution in [0.2, 0.25) is 5.15 Å². The van der Waals surface area contributed by atoms with Crippen molar-refractivity contribution in [3.05, 3.63) is 75.6 Å². The van der Waals surface area contributed by atoms with E-state index in [1.165, 1.54) is 0 Å². The van der Waals surface area contributed by atoms with Crippen LogP contribution in [0, 0.1) is 6.92 Å². The first-order valence-corrected chi connectivity index (χ1v) is 10.3. The molecule has 0 spiro atoms. The summed E-state index contributed by atoms with van der Waals surface area (Å²) in [5.74, 6) is 1.43. The fourth-order valence-corrected chi connectivity index (χ4v) is 4.41. The molecule has 3 aromatic rings. The summed E-state index contributed by atoms with van der Waals surface area (Å²) < 4.78 is 12.8. The second-order valence-corrected chi connectivity index (χ2v) is 7.90. The molecule has 0 unspecified atom stereocenters. The molecule has 6 nitrogen and oxygen atoms in total. The highest BCUT2D eigenvalue weighted by atomic mass is 35.5. The van der Waals surface area contributed by atoms with Gasteiger partial charge in [0.05, 0.1) is 32.6 Å². The van der Waals surface area contributed by atoms with E-state index in [-0.39, 0.29) is 0 Å². The van der Waals surface area contributed by atoms with Crippen molar-refractivity contribution in [2.24, 2.45) is 0 Å². The third kappa shape index (κ3) is 3.90. The summed E-state index contributed by atoms with van der Waals surface area (Å²) in [5.41, 5.74) is 4.77. The summed E-state index contributed by atoms with van der Waals surface area (Å²) in [7, 11) is 3.26. The number of aryl methyl sites for hydroxylation is 1. The van der Waals surface area contributed by atoms with Gasteiger partial charge in [0.1, 0.15) is 16.7 Å². The summed E-state index contributed by atoms with van der Waals surface area (Å²) in [6.07, 6.45) is -0.669. The van der Waals surface area contributed by atoms with Crippen molar-refractivity contribution in [3.63, 3.8) is 0 Å². The summed E-state index contributed by atoms with van der Waals surface area (Å²) in [6, 6.07) is 13.8. The number of aromatic nitrogens is 2. The number of benzene rings is 2. The Morgan fingerprint density at radius 2 is 1.77 bits per heavy atom. The minimum Gasteiger partial charge on any atom is -0.496 e. The van der Waals surface area contributed by atoms with Crippen molar-refractivity contribution in [1.29, 1.82) is 0 Å². The van der Waals surface area contributed by atoms with Crippen molar-refractivity contribution in [2.45, 2.75) is 32.7 Å². The number of nitrogens with zero attached hydrogens (tertiary/aromatic N) is 3. The summed E-state index contributed by atoms with van der Waals surface area (Å²) in [4.78, 5) is 2.16. The third-order valence-electron chi connectivity index (χ3n) is 5.60. The highest BCUT2D eigenvalue weighted by molar-refractivity contribution is 6.30. The van der Waals surface area contributed by atoms with Gasteiger partial charge in [0, 0.05) is 36.3 Å². The van der Waals surface area contributed by atoms with Crippen LogP contribution in [-0.4, -0.2) is 40.6 Å². The first kappa shape index (κ1) is 20.7. The van der Waals surface area contributed by atoms with E-state index in [4.69, 9.17) is 21.1 Å². The number of hydrogen-bond acceptors (Lipinski definition) is 5. The standard InChI is InChI=1S/C23H26ClN3O3/c1-15-17(23(24)27(25-15)11-16-7-5-4-6-8-16)12-26-13-18-20(29-2)9-10-21(30-3)22(18)19(28)14-26/h4-10,19,28H,11-14H2,1-3H3/t19-/m0/s1. The van der Waals surface area contributed by atoms with Crippen LogP contribution in [0.5, 0.6) is 11.5 Å². The minimum absolute atomic E-state index is 0.482. The highest BCUT2D eigenvalue weighted by Gasteiger charge is 2.30. The number of fused-ring (bicyclic) bond motifs is 1. The lowest BCUT2D eigenvalue weighted by Gasteiger charge is -2.34. The predicted molar refractivity (Wildman–Crippen MR) is 116 cm³/mol. The van der Waals surface area contributed by atoms with Gasteiger partial charge < -0.3 is 14.6 Å². The van der Waals surface area contributed by atoms with Crippen LogP contribution < -0.4 is 9.47 Å². The Bertz CT molecular complexity index is 1040. The zero-order chi connectivity index (χ0) is 21.3. The smallest absolute Gasteiger partial charge is 0.132 e. The molecule has 158 valence electrons. The van der Waals surface area contributed by atoms with E-state index >= 15 is 0 Å². The van der Waals surface area contributed by atoms with Crippen LogP contribution in [0.4, 0.5) is 0 Å². The molecule has 0 saturated carbocycles. The molecule has 1 aliphatic rings. The van der Waals surface area contributed by atoms with Gasteiger partial charge in [0.15, 0.2) is 0 Å². The molecule has 30 heavy (non-hydrogen) atoms. The van der Waals surface area contributed by atoms with E-state index in [0.29, 0.717) is 37.1 Å². The first-order valence-electron chi connectivity index (χ1n) is 9.91. The zero-order valence-corrected chi connectivity index (χ0v) is 18.2. The van der Waals surface area contributed by atoms with Crippen LogP contribution in [0.25, 0.3) is 0 Å². The topological polar surface area (TPSA) is 59.8 Å². The lowest BCUT2D eigenvalue weighted by molar-refractivity contribution is 0.0842. The van der Waals surface area contributed by atoms with Crippen molar-refractivity contribution in [3.8, 4) is 11.5 Å². The van der Waals surface area contributed by atoms with Crippen LogP contribution in [-0.2, 0) is 19.6 Å². The van der Waals surface area contributed by atoms with Gasteiger partial charge in [0.2, 0.25) is 0 Å². The highest BCUT2D eigenvalue weighted by Crippen LogP contribution is 2.40. The number of halogens is 1. The largest absolute Gasteiger partial charge is 0.496 e. The van der Waals surface area contributed by atoms with E-state index < -0.39 is 6.10 Å². The average Bonchev–Trinajstić information content (AvgIpc) is 3.01. The Morgan fingerprint density at radius 1 is 1.07 bits per heavy atom. The number of rotatable bonds is 6. The monoisotopic (exact) mass is 427 g/mol. The molecule has 4 rings (SSSR count). The van der Waals surface area contributed by atoms with Crippen molar-refractivity contribution in [1.82, 2.24) is 14.7 Å². The number of aliphatic hydroxyl groups excluding tert-OH is 1. The maximum atomic E-state index is 10.8. The zero-order valence-electron chi connectivity index (χ0n) is 17.4. The number of β-amino-alcohol motifs (C(OH)–C–C–N with tert-alkyl or cyclic N) is 1. The third-order valence-corrected chi connectivity index (χ3v) is 6.02. The lowest BCUT2D eigenvalue weighted by Crippen LogP contribution is -2.34. The van der Waals surface area contributed by atoms with Gasteiger partial charge in [-0.25, -0.2) is 4.68 Å². The van der Waals surface area contributed by atoms with Gasteiger partial charge in [-0.2, -0.15) is 5.10 Å². The minimum atomic E-state index is -0.669. The molecule has 1 atom stereocenters. The molecule has 1 aliphatic heterocycles. The molecule has 7 heteroatoms. The molecule has 2 heterocycles. The van der Waals surface area contributed by atoms with Crippen LogP contribution >= 0.6 is 11.6 Å². The molecular weight excluding hydrogens is 402 g/mol. The Labute approximate surface area is 181 Å². The Morgan fingerprint density at radius 3 is 2.47 bits per heavy atom. The van der Waals surface area contributed by atoms with Gasteiger partial charge in [-0.15, -0.1) is 0 Å². The molecule has 0 saturated heterocycles. The number of aliphatic hydroxyl groups is 1. The van der Waals surface area contributed by atoms with Gasteiger partial charge in [-0.3, -0.25) is 4.90 Å². The van der Waals surface area contributed by atoms with Crippen molar-refractivity contribution >= 4 is 11.6 Å². The van der Waals surface area contributed by atoms with E-state index in [0.717, 1.165) is 33.7 Å². The van der Waals surface area contributed by atoms with E-state index in [9.17, 15) is 5.11 Å². The Balaban J connectivity index is 1.59. The lowest BCUT2D eigenvalue weighted by atomic mass is 9.95. The SMILES string of the molecule is COc1ccc(OC)c2c1CN(Cc1c(C)nn(Cc3ccccc3)c1Cl)C[C@@H]2O.